The monoisotopic (exact) mass is 418 g/mol. The number of Topliss-reactive ketones (excluding diaryl/α,β-unsaturated/α-hetero) is 1. The third-order valence-electron chi connectivity index (χ3n) is 4.34. The van der Waals surface area contributed by atoms with Crippen molar-refractivity contribution in [3.8, 4) is 5.69 Å². The van der Waals surface area contributed by atoms with Crippen LogP contribution < -0.4 is 10.9 Å². The molecule has 150 valence electrons. The van der Waals surface area contributed by atoms with Crippen LogP contribution in [0.5, 0.6) is 0 Å². The standard InChI is InChI=1S/C20H17ClF2N4O2/c1-10-7-24-15(12(3)28)6-18(10)27-11(2)4-16(19(21)20(27)29)26-9-17-14(23)5-13(22)8-25-17/h4-8,26H,9H2,1-3H3. The van der Waals surface area contributed by atoms with Crippen LogP contribution in [0.25, 0.3) is 5.69 Å². The lowest BCUT2D eigenvalue weighted by Gasteiger charge is -2.16. The summed E-state index contributed by atoms with van der Waals surface area (Å²) >= 11 is 6.25. The number of hydrogen-bond donors (Lipinski definition) is 1. The number of nitrogens with one attached hydrogen (secondary N) is 1. The van der Waals surface area contributed by atoms with Crippen molar-refractivity contribution in [2.75, 3.05) is 5.32 Å². The van der Waals surface area contributed by atoms with Crippen LogP contribution in [0.15, 0.2) is 35.4 Å². The maximum absolute atomic E-state index is 13.8. The van der Waals surface area contributed by atoms with Gasteiger partial charge in [-0.25, -0.2) is 8.78 Å². The molecule has 0 aliphatic rings. The number of aryl methyl sites for hydroxylation is 2. The zero-order chi connectivity index (χ0) is 21.3. The molecule has 3 heterocycles. The van der Waals surface area contributed by atoms with E-state index in [1.165, 1.54) is 23.8 Å². The Morgan fingerprint density at radius 2 is 1.90 bits per heavy atom. The van der Waals surface area contributed by atoms with E-state index in [9.17, 15) is 18.4 Å². The number of aromatic nitrogens is 3. The molecule has 1 N–H and O–H groups in total. The highest BCUT2D eigenvalue weighted by molar-refractivity contribution is 6.33. The van der Waals surface area contributed by atoms with Gasteiger partial charge in [-0.3, -0.25) is 24.1 Å². The maximum atomic E-state index is 13.8. The van der Waals surface area contributed by atoms with E-state index in [0.29, 0.717) is 16.9 Å². The summed E-state index contributed by atoms with van der Waals surface area (Å²) in [6.07, 6.45) is 2.42. The average molecular weight is 419 g/mol. The van der Waals surface area contributed by atoms with Gasteiger partial charge in [-0.15, -0.1) is 0 Å². The smallest absolute Gasteiger partial charge is 0.276 e. The lowest BCUT2D eigenvalue weighted by Crippen LogP contribution is -2.23. The lowest BCUT2D eigenvalue weighted by molar-refractivity contribution is 0.101. The minimum atomic E-state index is -0.803. The van der Waals surface area contributed by atoms with Gasteiger partial charge in [0, 0.05) is 24.9 Å². The first-order valence-electron chi connectivity index (χ1n) is 8.63. The van der Waals surface area contributed by atoms with Crippen LogP contribution in [0, 0.1) is 25.5 Å². The van der Waals surface area contributed by atoms with Gasteiger partial charge in [0.15, 0.2) is 5.78 Å². The fourth-order valence-corrected chi connectivity index (χ4v) is 3.04. The summed E-state index contributed by atoms with van der Waals surface area (Å²) in [6, 6.07) is 3.89. The Balaban J connectivity index is 2.00. The van der Waals surface area contributed by atoms with E-state index >= 15 is 0 Å². The molecule has 0 spiro atoms. The molecule has 0 aromatic carbocycles. The van der Waals surface area contributed by atoms with Crippen molar-refractivity contribution in [3.05, 3.63) is 80.2 Å². The molecule has 0 saturated carbocycles. The summed E-state index contributed by atoms with van der Waals surface area (Å²) in [5.41, 5.74) is 1.72. The van der Waals surface area contributed by atoms with Crippen molar-refractivity contribution in [2.45, 2.75) is 27.3 Å². The van der Waals surface area contributed by atoms with Crippen molar-refractivity contribution in [2.24, 2.45) is 0 Å². The minimum Gasteiger partial charge on any atom is -0.378 e. The van der Waals surface area contributed by atoms with E-state index in [0.717, 1.165) is 12.3 Å². The zero-order valence-electron chi connectivity index (χ0n) is 15.9. The number of pyridine rings is 3. The highest BCUT2D eigenvalue weighted by Crippen LogP contribution is 2.23. The first-order chi connectivity index (χ1) is 13.7. The number of ketones is 1. The van der Waals surface area contributed by atoms with E-state index in [4.69, 9.17) is 11.6 Å². The van der Waals surface area contributed by atoms with Crippen molar-refractivity contribution >= 4 is 23.1 Å². The van der Waals surface area contributed by atoms with Crippen molar-refractivity contribution in [3.63, 3.8) is 0 Å². The van der Waals surface area contributed by atoms with E-state index in [1.54, 1.807) is 19.9 Å². The normalized spacial score (nSPS) is 10.8. The largest absolute Gasteiger partial charge is 0.378 e. The Morgan fingerprint density at radius 1 is 1.17 bits per heavy atom. The van der Waals surface area contributed by atoms with Gasteiger partial charge in [-0.05, 0) is 31.5 Å². The molecule has 0 bridgehead atoms. The molecular weight excluding hydrogens is 402 g/mol. The van der Waals surface area contributed by atoms with Gasteiger partial charge in [0.05, 0.1) is 29.8 Å². The quantitative estimate of drug-likeness (QED) is 0.634. The summed E-state index contributed by atoms with van der Waals surface area (Å²) in [4.78, 5) is 32.3. The van der Waals surface area contributed by atoms with Crippen LogP contribution in [-0.2, 0) is 6.54 Å². The van der Waals surface area contributed by atoms with E-state index in [-0.39, 0.29) is 34.4 Å². The van der Waals surface area contributed by atoms with Crippen molar-refractivity contribution in [1.82, 2.24) is 14.5 Å². The molecule has 6 nitrogen and oxygen atoms in total. The molecule has 0 radical (unpaired) electrons. The predicted octanol–water partition coefficient (Wildman–Crippen LogP) is 3.99. The molecule has 3 aromatic heterocycles. The summed E-state index contributed by atoms with van der Waals surface area (Å²) in [5.74, 6) is -1.81. The number of halogens is 3. The van der Waals surface area contributed by atoms with Crippen molar-refractivity contribution < 1.29 is 13.6 Å². The Labute approximate surface area is 170 Å². The minimum absolute atomic E-state index is 0.0135. The molecule has 3 rings (SSSR count). The van der Waals surface area contributed by atoms with Gasteiger partial charge in [-0.2, -0.15) is 0 Å². The van der Waals surface area contributed by atoms with E-state index < -0.39 is 17.2 Å². The Bertz CT molecular complexity index is 1180. The second-order valence-electron chi connectivity index (χ2n) is 6.50. The van der Waals surface area contributed by atoms with Crippen LogP contribution in [0.3, 0.4) is 0 Å². The molecular formula is C20H17ClF2N4O2. The second kappa shape index (κ2) is 8.08. The number of rotatable bonds is 5. The third-order valence-corrected chi connectivity index (χ3v) is 4.71. The molecule has 9 heteroatoms. The Morgan fingerprint density at radius 3 is 2.55 bits per heavy atom. The number of hydrogen-bond acceptors (Lipinski definition) is 5. The summed E-state index contributed by atoms with van der Waals surface area (Å²) in [6.45, 7) is 4.77. The molecule has 0 saturated heterocycles. The molecule has 0 aliphatic carbocycles. The molecule has 0 atom stereocenters. The highest BCUT2D eigenvalue weighted by Gasteiger charge is 2.16. The molecule has 3 aromatic rings. The van der Waals surface area contributed by atoms with Crippen LogP contribution in [-0.4, -0.2) is 20.3 Å². The van der Waals surface area contributed by atoms with Crippen LogP contribution in [0.4, 0.5) is 14.5 Å². The molecule has 0 aliphatic heterocycles. The van der Waals surface area contributed by atoms with Crippen LogP contribution in [0.1, 0.15) is 34.4 Å². The number of carbonyl (C=O) groups excluding carboxylic acids is 1. The average Bonchev–Trinajstić information content (AvgIpc) is 2.66. The van der Waals surface area contributed by atoms with E-state index in [2.05, 4.69) is 15.3 Å². The molecule has 0 unspecified atom stereocenters. The summed E-state index contributed by atoms with van der Waals surface area (Å²) in [5, 5.41) is 2.75. The first-order valence-corrected chi connectivity index (χ1v) is 9.00. The van der Waals surface area contributed by atoms with E-state index in [1.807, 2.05) is 0 Å². The first kappa shape index (κ1) is 20.6. The van der Waals surface area contributed by atoms with Gasteiger partial charge in [0.2, 0.25) is 0 Å². The third kappa shape index (κ3) is 4.17. The summed E-state index contributed by atoms with van der Waals surface area (Å²) < 4.78 is 28.1. The maximum Gasteiger partial charge on any atom is 0.276 e. The molecule has 29 heavy (non-hydrogen) atoms. The zero-order valence-corrected chi connectivity index (χ0v) is 16.6. The van der Waals surface area contributed by atoms with Gasteiger partial charge in [-0.1, -0.05) is 11.6 Å². The van der Waals surface area contributed by atoms with Crippen LogP contribution in [0.2, 0.25) is 5.02 Å². The topological polar surface area (TPSA) is 76.9 Å². The van der Waals surface area contributed by atoms with Gasteiger partial charge >= 0.3 is 0 Å². The molecule has 0 fully saturated rings. The highest BCUT2D eigenvalue weighted by atomic mass is 35.5. The van der Waals surface area contributed by atoms with Gasteiger partial charge in [0.1, 0.15) is 22.4 Å². The Hall–Kier alpha value is -3.13. The van der Waals surface area contributed by atoms with Crippen molar-refractivity contribution in [1.29, 1.82) is 0 Å². The van der Waals surface area contributed by atoms with Gasteiger partial charge < -0.3 is 5.32 Å². The predicted molar refractivity (Wildman–Crippen MR) is 106 cm³/mol. The summed E-state index contributed by atoms with van der Waals surface area (Å²) in [7, 11) is 0. The lowest BCUT2D eigenvalue weighted by atomic mass is 10.1. The number of anilines is 1. The number of nitrogens with zero attached hydrogens (tertiary/aromatic N) is 3. The molecule has 0 amide bonds. The van der Waals surface area contributed by atoms with Gasteiger partial charge in [0.25, 0.3) is 5.56 Å². The Kier molecular flexibility index (Phi) is 5.74. The fourth-order valence-electron chi connectivity index (χ4n) is 2.84. The van der Waals surface area contributed by atoms with Crippen LogP contribution >= 0.6 is 11.6 Å². The fraction of sp³-hybridized carbons (Fsp3) is 0.200. The number of carbonyl (C=O) groups is 1. The second-order valence-corrected chi connectivity index (χ2v) is 6.88. The SMILES string of the molecule is CC(=O)c1cc(-n2c(C)cc(NCc3ncc(F)cc3F)c(Cl)c2=O)c(C)cn1.